The molecule has 1 fully saturated rings. The number of methoxy groups -OCH3 is 1. The van der Waals surface area contributed by atoms with Crippen molar-refractivity contribution in [1.29, 1.82) is 0 Å². The lowest BCUT2D eigenvalue weighted by molar-refractivity contribution is 0.0600. The third-order valence-electron chi connectivity index (χ3n) is 5.57. The first-order valence-corrected chi connectivity index (χ1v) is 11.5. The van der Waals surface area contributed by atoms with E-state index in [1.165, 1.54) is 12.0 Å². The van der Waals surface area contributed by atoms with E-state index in [0.29, 0.717) is 16.2 Å². The minimum Gasteiger partial charge on any atom is -0.465 e. The molecule has 1 aliphatic heterocycles. The molecular formula is C22H25N3O3S2. The van der Waals surface area contributed by atoms with E-state index in [1.54, 1.807) is 11.3 Å². The van der Waals surface area contributed by atoms with Crippen LogP contribution in [0.4, 0.5) is 10.7 Å². The molecule has 0 bridgehead atoms. The van der Waals surface area contributed by atoms with Gasteiger partial charge in [0.15, 0.2) is 5.11 Å². The molecule has 2 aromatic rings. The van der Waals surface area contributed by atoms with Gasteiger partial charge in [0.05, 0.1) is 12.7 Å². The second kappa shape index (κ2) is 9.14. The lowest BCUT2D eigenvalue weighted by Gasteiger charge is -2.16. The number of esters is 1. The summed E-state index contributed by atoms with van der Waals surface area (Å²) in [7, 11) is 1.40. The van der Waals surface area contributed by atoms with Crippen LogP contribution in [0.1, 0.15) is 56.8 Å². The normalized spacial score (nSPS) is 15.4. The molecule has 1 aromatic carbocycles. The highest BCUT2D eigenvalue weighted by molar-refractivity contribution is 7.80. The number of hydrogen-bond donors (Lipinski definition) is 2. The summed E-state index contributed by atoms with van der Waals surface area (Å²) in [6.45, 7) is 1.67. The standard InChI is InChI=1S/C22H25N3O3S2/c1-28-21(27)18-16-6-2-3-7-17(16)30-19(18)24-22(29)23-15-10-8-14(9-11-15)20(26)25-12-4-5-13-25/h8-11H,2-7,12-13H2,1H3,(H2,23,24,29). The van der Waals surface area contributed by atoms with Crippen molar-refractivity contribution in [3.63, 3.8) is 0 Å². The fourth-order valence-corrected chi connectivity index (χ4v) is 5.60. The molecule has 0 unspecified atom stereocenters. The maximum Gasteiger partial charge on any atom is 0.341 e. The highest BCUT2D eigenvalue weighted by atomic mass is 32.1. The number of carbonyl (C=O) groups is 2. The van der Waals surface area contributed by atoms with Gasteiger partial charge >= 0.3 is 5.97 Å². The van der Waals surface area contributed by atoms with Crippen molar-refractivity contribution in [2.45, 2.75) is 38.5 Å². The Bertz CT molecular complexity index is 963. The third-order valence-corrected chi connectivity index (χ3v) is 6.98. The lowest BCUT2D eigenvalue weighted by Crippen LogP contribution is -2.27. The first-order valence-electron chi connectivity index (χ1n) is 10.3. The fraction of sp³-hybridized carbons (Fsp3) is 0.409. The number of anilines is 2. The number of carbonyl (C=O) groups excluding carboxylic acids is 2. The molecular weight excluding hydrogens is 418 g/mol. The number of likely N-dealkylation sites (tertiary alicyclic amines) is 1. The molecule has 4 rings (SSSR count). The SMILES string of the molecule is COC(=O)c1c(NC(=S)Nc2ccc(C(=O)N3CCCC3)cc2)sc2c1CCCC2. The van der Waals surface area contributed by atoms with E-state index < -0.39 is 0 Å². The molecule has 8 heteroatoms. The van der Waals surface area contributed by atoms with Gasteiger partial charge in [-0.25, -0.2) is 4.79 Å². The van der Waals surface area contributed by atoms with Gasteiger partial charge in [-0.3, -0.25) is 4.79 Å². The van der Waals surface area contributed by atoms with Gasteiger partial charge in [0.1, 0.15) is 5.00 Å². The van der Waals surface area contributed by atoms with Gasteiger partial charge in [-0.05, 0) is 80.6 Å². The molecule has 2 heterocycles. The zero-order valence-electron chi connectivity index (χ0n) is 17.0. The van der Waals surface area contributed by atoms with Crippen LogP contribution in [0, 0.1) is 0 Å². The van der Waals surface area contributed by atoms with Crippen molar-refractivity contribution >= 4 is 51.2 Å². The maximum absolute atomic E-state index is 12.5. The van der Waals surface area contributed by atoms with Crippen LogP contribution in [-0.2, 0) is 17.6 Å². The van der Waals surface area contributed by atoms with E-state index in [4.69, 9.17) is 17.0 Å². The Morgan fingerprint density at radius 3 is 2.43 bits per heavy atom. The van der Waals surface area contributed by atoms with Crippen molar-refractivity contribution in [3.8, 4) is 0 Å². The molecule has 1 amide bonds. The van der Waals surface area contributed by atoms with E-state index >= 15 is 0 Å². The molecule has 1 saturated heterocycles. The first-order chi connectivity index (χ1) is 14.6. The van der Waals surface area contributed by atoms with Crippen LogP contribution in [0.25, 0.3) is 0 Å². The Kier molecular flexibility index (Phi) is 6.34. The Balaban J connectivity index is 1.44. The van der Waals surface area contributed by atoms with Crippen LogP contribution in [0.5, 0.6) is 0 Å². The van der Waals surface area contributed by atoms with Crippen molar-refractivity contribution in [2.24, 2.45) is 0 Å². The zero-order valence-corrected chi connectivity index (χ0v) is 18.6. The van der Waals surface area contributed by atoms with E-state index in [2.05, 4.69) is 10.6 Å². The Morgan fingerprint density at radius 1 is 1.03 bits per heavy atom. The molecule has 6 nitrogen and oxygen atoms in total. The number of benzene rings is 1. The van der Waals surface area contributed by atoms with Gasteiger partial charge in [-0.1, -0.05) is 0 Å². The van der Waals surface area contributed by atoms with Crippen LogP contribution in [-0.4, -0.2) is 42.1 Å². The summed E-state index contributed by atoms with van der Waals surface area (Å²) >= 11 is 7.05. The molecule has 1 aromatic heterocycles. The van der Waals surface area contributed by atoms with Crippen LogP contribution >= 0.6 is 23.6 Å². The number of fused-ring (bicyclic) bond motifs is 1. The van der Waals surface area contributed by atoms with Crippen LogP contribution in [0.2, 0.25) is 0 Å². The smallest absolute Gasteiger partial charge is 0.341 e. The quantitative estimate of drug-likeness (QED) is 0.537. The summed E-state index contributed by atoms with van der Waals surface area (Å²) in [5.74, 6) is -0.254. The van der Waals surface area contributed by atoms with Crippen LogP contribution < -0.4 is 10.6 Å². The molecule has 30 heavy (non-hydrogen) atoms. The van der Waals surface area contributed by atoms with Gasteiger partial charge in [-0.2, -0.15) is 0 Å². The van der Waals surface area contributed by atoms with Gasteiger partial charge < -0.3 is 20.3 Å². The largest absolute Gasteiger partial charge is 0.465 e. The van der Waals surface area contributed by atoms with Crippen molar-refractivity contribution in [3.05, 3.63) is 45.8 Å². The number of amides is 1. The molecule has 0 atom stereocenters. The summed E-state index contributed by atoms with van der Waals surface area (Å²) in [5, 5.41) is 7.45. The highest BCUT2D eigenvalue weighted by Gasteiger charge is 2.26. The van der Waals surface area contributed by atoms with Gasteiger partial charge in [0.2, 0.25) is 0 Å². The summed E-state index contributed by atoms with van der Waals surface area (Å²) in [4.78, 5) is 28.0. The highest BCUT2D eigenvalue weighted by Crippen LogP contribution is 2.38. The summed E-state index contributed by atoms with van der Waals surface area (Å²) < 4.78 is 5.01. The Morgan fingerprint density at radius 2 is 1.73 bits per heavy atom. The fourth-order valence-electron chi connectivity index (χ4n) is 4.04. The van der Waals surface area contributed by atoms with Gasteiger partial charge in [-0.15, -0.1) is 11.3 Å². The predicted molar refractivity (Wildman–Crippen MR) is 124 cm³/mol. The molecule has 0 radical (unpaired) electrons. The zero-order chi connectivity index (χ0) is 21.1. The average molecular weight is 444 g/mol. The Hall–Kier alpha value is -2.45. The number of nitrogens with one attached hydrogen (secondary N) is 2. The average Bonchev–Trinajstić information content (AvgIpc) is 3.41. The number of ether oxygens (including phenoxy) is 1. The number of aryl methyl sites for hydroxylation is 1. The van der Waals surface area contributed by atoms with E-state index in [1.807, 2.05) is 29.2 Å². The summed E-state index contributed by atoms with van der Waals surface area (Å²) in [6.07, 6.45) is 6.25. The molecule has 2 N–H and O–H groups in total. The van der Waals surface area contributed by atoms with Gasteiger partial charge in [0.25, 0.3) is 5.91 Å². The van der Waals surface area contributed by atoms with Crippen molar-refractivity contribution < 1.29 is 14.3 Å². The van der Waals surface area contributed by atoms with Crippen LogP contribution in [0.3, 0.4) is 0 Å². The second-order valence-electron chi connectivity index (χ2n) is 7.56. The minimum atomic E-state index is -0.329. The summed E-state index contributed by atoms with van der Waals surface area (Å²) in [5.41, 5.74) is 3.16. The minimum absolute atomic E-state index is 0.0756. The van der Waals surface area contributed by atoms with E-state index in [-0.39, 0.29) is 11.9 Å². The first kappa shape index (κ1) is 20.8. The molecule has 0 spiro atoms. The van der Waals surface area contributed by atoms with Gasteiger partial charge in [0, 0.05) is 29.2 Å². The van der Waals surface area contributed by atoms with E-state index in [0.717, 1.165) is 67.9 Å². The van der Waals surface area contributed by atoms with Crippen molar-refractivity contribution in [1.82, 2.24) is 4.90 Å². The van der Waals surface area contributed by atoms with E-state index in [9.17, 15) is 9.59 Å². The monoisotopic (exact) mass is 443 g/mol. The third kappa shape index (κ3) is 4.34. The van der Waals surface area contributed by atoms with Crippen molar-refractivity contribution in [2.75, 3.05) is 30.8 Å². The molecule has 0 saturated carbocycles. The molecule has 2 aliphatic rings. The number of nitrogens with zero attached hydrogens (tertiary/aromatic N) is 1. The Labute approximate surface area is 185 Å². The number of hydrogen-bond acceptors (Lipinski definition) is 5. The number of thiophene rings is 1. The predicted octanol–water partition coefficient (Wildman–Crippen LogP) is 4.46. The lowest BCUT2D eigenvalue weighted by atomic mass is 9.95. The second-order valence-corrected chi connectivity index (χ2v) is 9.08. The number of rotatable bonds is 4. The number of thiocarbonyl (C=S) groups is 1. The molecule has 1 aliphatic carbocycles. The molecule has 158 valence electrons. The van der Waals surface area contributed by atoms with Crippen LogP contribution in [0.15, 0.2) is 24.3 Å². The maximum atomic E-state index is 12.5. The topological polar surface area (TPSA) is 70.7 Å². The summed E-state index contributed by atoms with van der Waals surface area (Å²) in [6, 6.07) is 7.32.